The number of unbranched alkanes of at least 4 members (excludes halogenated alkanes) is 1. The van der Waals surface area contributed by atoms with Gasteiger partial charge >= 0.3 is 0 Å². The zero-order valence-corrected chi connectivity index (χ0v) is 11.6. The van der Waals surface area contributed by atoms with Gasteiger partial charge in [-0.05, 0) is 38.3 Å². The average Bonchev–Trinajstić information content (AvgIpc) is 2.24. The van der Waals surface area contributed by atoms with Gasteiger partial charge in [-0.15, -0.1) is 0 Å². The van der Waals surface area contributed by atoms with Gasteiger partial charge in [0, 0.05) is 18.8 Å². The molecular formula is C15H27N. The zero-order valence-electron chi connectivity index (χ0n) is 11.6. The second-order valence-corrected chi connectivity index (χ2v) is 4.59. The van der Waals surface area contributed by atoms with Crippen LogP contribution in [0.5, 0.6) is 0 Å². The van der Waals surface area contributed by atoms with Crippen molar-refractivity contribution in [1.29, 1.82) is 0 Å². The molecule has 0 rings (SSSR count). The molecule has 1 unspecified atom stereocenters. The summed E-state index contributed by atoms with van der Waals surface area (Å²) in [6.45, 7) is 16.5. The van der Waals surface area contributed by atoms with Crippen molar-refractivity contribution in [2.45, 2.75) is 53.0 Å². The molecule has 1 nitrogen and oxygen atoms in total. The van der Waals surface area contributed by atoms with Crippen molar-refractivity contribution in [3.05, 3.63) is 36.1 Å². The SMILES string of the molecule is C=C/C(C(=C)C)=C(/C)N(C)C(C)CCCC. The van der Waals surface area contributed by atoms with E-state index in [1.165, 1.54) is 30.5 Å². The summed E-state index contributed by atoms with van der Waals surface area (Å²) in [7, 11) is 2.15. The molecule has 0 aliphatic rings. The fraction of sp³-hybridized carbons (Fsp3) is 0.600. The van der Waals surface area contributed by atoms with Gasteiger partial charge < -0.3 is 4.90 Å². The van der Waals surface area contributed by atoms with Gasteiger partial charge in [0.25, 0.3) is 0 Å². The van der Waals surface area contributed by atoms with Crippen molar-refractivity contribution in [1.82, 2.24) is 4.90 Å². The Labute approximate surface area is 102 Å². The molecule has 0 aliphatic carbocycles. The standard InChI is InChI=1S/C15H27N/c1-8-10-11-13(5)16(7)14(6)15(9-2)12(3)4/h9,13H,2-3,8,10-11H2,1,4-7H3/b15-14+. The van der Waals surface area contributed by atoms with Crippen LogP contribution in [0.2, 0.25) is 0 Å². The Kier molecular flexibility index (Phi) is 6.87. The first-order valence-electron chi connectivity index (χ1n) is 6.17. The van der Waals surface area contributed by atoms with E-state index >= 15 is 0 Å². The molecule has 16 heavy (non-hydrogen) atoms. The maximum Gasteiger partial charge on any atom is 0.0255 e. The van der Waals surface area contributed by atoms with E-state index in [2.05, 4.69) is 45.9 Å². The molecule has 0 spiro atoms. The van der Waals surface area contributed by atoms with Crippen molar-refractivity contribution in [3.63, 3.8) is 0 Å². The molecule has 1 atom stereocenters. The van der Waals surface area contributed by atoms with E-state index in [1.54, 1.807) is 0 Å². The minimum atomic E-state index is 0.578. The number of hydrogen-bond acceptors (Lipinski definition) is 1. The zero-order chi connectivity index (χ0) is 12.7. The molecule has 1 heteroatoms. The van der Waals surface area contributed by atoms with E-state index in [9.17, 15) is 0 Å². The summed E-state index contributed by atoms with van der Waals surface area (Å²) >= 11 is 0. The van der Waals surface area contributed by atoms with Crippen LogP contribution in [0.4, 0.5) is 0 Å². The second-order valence-electron chi connectivity index (χ2n) is 4.59. The lowest BCUT2D eigenvalue weighted by Gasteiger charge is -2.29. The lowest BCUT2D eigenvalue weighted by Crippen LogP contribution is -2.28. The van der Waals surface area contributed by atoms with Crippen LogP contribution in [0.15, 0.2) is 36.1 Å². The Morgan fingerprint density at radius 2 is 1.94 bits per heavy atom. The van der Waals surface area contributed by atoms with Crippen molar-refractivity contribution in [3.8, 4) is 0 Å². The Morgan fingerprint density at radius 3 is 2.31 bits per heavy atom. The van der Waals surface area contributed by atoms with Crippen molar-refractivity contribution < 1.29 is 0 Å². The first-order chi connectivity index (χ1) is 7.45. The molecule has 0 aromatic heterocycles. The van der Waals surface area contributed by atoms with Gasteiger partial charge in [0.05, 0.1) is 0 Å². The molecule has 92 valence electrons. The fourth-order valence-electron chi connectivity index (χ4n) is 1.84. The third kappa shape index (κ3) is 4.26. The second kappa shape index (κ2) is 7.32. The van der Waals surface area contributed by atoms with Crippen molar-refractivity contribution in [2.75, 3.05) is 7.05 Å². The highest BCUT2D eigenvalue weighted by Gasteiger charge is 2.11. The van der Waals surface area contributed by atoms with Crippen LogP contribution >= 0.6 is 0 Å². The summed E-state index contributed by atoms with van der Waals surface area (Å²) < 4.78 is 0. The molecule has 0 amide bonds. The molecule has 0 radical (unpaired) electrons. The van der Waals surface area contributed by atoms with E-state index in [0.29, 0.717) is 6.04 Å². The summed E-state index contributed by atoms with van der Waals surface area (Å²) in [4.78, 5) is 2.33. The van der Waals surface area contributed by atoms with E-state index in [-0.39, 0.29) is 0 Å². The van der Waals surface area contributed by atoms with E-state index < -0.39 is 0 Å². The monoisotopic (exact) mass is 221 g/mol. The number of allylic oxidation sites excluding steroid dienone is 4. The third-order valence-electron chi connectivity index (χ3n) is 3.22. The maximum atomic E-state index is 4.00. The topological polar surface area (TPSA) is 3.24 Å². The van der Waals surface area contributed by atoms with E-state index in [4.69, 9.17) is 0 Å². The van der Waals surface area contributed by atoms with Crippen LogP contribution in [-0.2, 0) is 0 Å². The predicted octanol–water partition coefficient (Wildman–Crippen LogP) is 4.53. The van der Waals surface area contributed by atoms with Crippen molar-refractivity contribution >= 4 is 0 Å². The normalized spacial score (nSPS) is 14.1. The number of hydrogen-bond donors (Lipinski definition) is 0. The average molecular weight is 221 g/mol. The first kappa shape index (κ1) is 15.0. The number of nitrogens with zero attached hydrogens (tertiary/aromatic N) is 1. The molecule has 0 saturated heterocycles. The van der Waals surface area contributed by atoms with Crippen LogP contribution in [0, 0.1) is 0 Å². The van der Waals surface area contributed by atoms with E-state index in [0.717, 1.165) is 5.57 Å². The predicted molar refractivity (Wildman–Crippen MR) is 74.5 cm³/mol. The summed E-state index contributed by atoms with van der Waals surface area (Å²) in [5.41, 5.74) is 3.53. The van der Waals surface area contributed by atoms with Crippen LogP contribution in [-0.4, -0.2) is 18.0 Å². The molecule has 0 bridgehead atoms. The highest BCUT2D eigenvalue weighted by atomic mass is 15.1. The third-order valence-corrected chi connectivity index (χ3v) is 3.22. The van der Waals surface area contributed by atoms with Gasteiger partial charge in [0.1, 0.15) is 0 Å². The van der Waals surface area contributed by atoms with Crippen molar-refractivity contribution in [2.24, 2.45) is 0 Å². The highest BCUT2D eigenvalue weighted by Crippen LogP contribution is 2.19. The van der Waals surface area contributed by atoms with Gasteiger partial charge in [-0.1, -0.05) is 39.0 Å². The van der Waals surface area contributed by atoms with Gasteiger partial charge in [-0.2, -0.15) is 0 Å². The lowest BCUT2D eigenvalue weighted by molar-refractivity contribution is 0.301. The molecule has 0 aliphatic heterocycles. The molecular weight excluding hydrogens is 194 g/mol. The molecule has 0 N–H and O–H groups in total. The molecule has 0 heterocycles. The molecule has 0 aromatic carbocycles. The smallest absolute Gasteiger partial charge is 0.0255 e. The van der Waals surface area contributed by atoms with E-state index in [1.807, 2.05) is 13.0 Å². The van der Waals surface area contributed by atoms with Crippen LogP contribution in [0.25, 0.3) is 0 Å². The Bertz CT molecular complexity index is 273. The summed E-state index contributed by atoms with van der Waals surface area (Å²) in [6, 6.07) is 0.578. The molecule has 0 saturated carbocycles. The molecule has 0 aromatic rings. The van der Waals surface area contributed by atoms with Crippen LogP contribution < -0.4 is 0 Å². The Morgan fingerprint density at radius 1 is 1.38 bits per heavy atom. The summed E-state index contributed by atoms with van der Waals surface area (Å²) in [5, 5.41) is 0. The largest absolute Gasteiger partial charge is 0.375 e. The van der Waals surface area contributed by atoms with Gasteiger partial charge in [-0.25, -0.2) is 0 Å². The van der Waals surface area contributed by atoms with Gasteiger partial charge in [0.15, 0.2) is 0 Å². The van der Waals surface area contributed by atoms with Crippen LogP contribution in [0.3, 0.4) is 0 Å². The van der Waals surface area contributed by atoms with Gasteiger partial charge in [0.2, 0.25) is 0 Å². The highest BCUT2D eigenvalue weighted by molar-refractivity contribution is 5.38. The van der Waals surface area contributed by atoms with Crippen LogP contribution in [0.1, 0.15) is 47.0 Å². The Balaban J connectivity index is 4.74. The Hall–Kier alpha value is -0.980. The summed E-state index contributed by atoms with van der Waals surface area (Å²) in [6.07, 6.45) is 5.69. The minimum Gasteiger partial charge on any atom is -0.375 e. The molecule has 0 fully saturated rings. The maximum absolute atomic E-state index is 4.00. The lowest BCUT2D eigenvalue weighted by atomic mass is 10.0. The minimum absolute atomic E-state index is 0.578. The first-order valence-corrected chi connectivity index (χ1v) is 6.17. The quantitative estimate of drug-likeness (QED) is 0.571. The number of rotatable bonds is 7. The fourth-order valence-corrected chi connectivity index (χ4v) is 1.84. The summed E-state index contributed by atoms with van der Waals surface area (Å²) in [5.74, 6) is 0. The van der Waals surface area contributed by atoms with Gasteiger partial charge in [-0.3, -0.25) is 0 Å².